The van der Waals surface area contributed by atoms with Gasteiger partial charge in [-0.1, -0.05) is 44.2 Å². The van der Waals surface area contributed by atoms with E-state index >= 15 is 0 Å². The van der Waals surface area contributed by atoms with Crippen LogP contribution in [0.1, 0.15) is 37.2 Å². The predicted octanol–water partition coefficient (Wildman–Crippen LogP) is 0.0731. The van der Waals surface area contributed by atoms with E-state index in [0.717, 1.165) is 5.56 Å². The van der Waals surface area contributed by atoms with Crippen molar-refractivity contribution in [1.29, 1.82) is 0 Å². The van der Waals surface area contributed by atoms with Crippen LogP contribution in [0.5, 0.6) is 0 Å². The summed E-state index contributed by atoms with van der Waals surface area (Å²) in [5.41, 5.74) is 7.91. The molecule has 0 aliphatic heterocycles. The van der Waals surface area contributed by atoms with Crippen LogP contribution < -0.4 is 21.7 Å². The number of rotatable bonds is 15. The lowest BCUT2D eigenvalue weighted by molar-refractivity contribution is -0.142. The molecule has 0 spiro atoms. The van der Waals surface area contributed by atoms with Gasteiger partial charge < -0.3 is 36.8 Å². The Kier molecular flexibility index (Phi) is 10.9. The molecule has 4 atom stereocenters. The minimum atomic E-state index is -1.28. The zero-order valence-electron chi connectivity index (χ0n) is 22.5. The zero-order valence-corrected chi connectivity index (χ0v) is 22.5. The summed E-state index contributed by atoms with van der Waals surface area (Å²) in [6, 6.07) is 4.82. The van der Waals surface area contributed by atoms with Gasteiger partial charge in [-0.25, -0.2) is 14.8 Å². The third kappa shape index (κ3) is 9.34. The van der Waals surface area contributed by atoms with Crippen molar-refractivity contribution in [2.75, 3.05) is 0 Å². The average Bonchev–Trinajstić information content (AvgIpc) is 3.62. The smallest absolute Gasteiger partial charge is 0.326 e. The lowest BCUT2D eigenvalue weighted by Crippen LogP contribution is -2.58. The van der Waals surface area contributed by atoms with Crippen LogP contribution in [0.2, 0.25) is 0 Å². The molecule has 3 amide bonds. The maximum absolute atomic E-state index is 13.5. The number of hydrogen-bond donors (Lipinski definition) is 7. The number of carboxylic acid groups (broad SMARTS) is 1. The summed E-state index contributed by atoms with van der Waals surface area (Å²) in [5, 5.41) is 17.6. The highest BCUT2D eigenvalue weighted by atomic mass is 16.4. The summed E-state index contributed by atoms with van der Waals surface area (Å²) in [5.74, 6) is -2.88. The molecule has 0 saturated carbocycles. The topological polar surface area (TPSA) is 208 Å². The van der Waals surface area contributed by atoms with Gasteiger partial charge in [-0.05, 0) is 17.9 Å². The van der Waals surface area contributed by atoms with E-state index in [1.807, 2.05) is 44.2 Å². The van der Waals surface area contributed by atoms with Crippen LogP contribution in [0.3, 0.4) is 0 Å². The van der Waals surface area contributed by atoms with E-state index in [2.05, 4.69) is 35.9 Å². The van der Waals surface area contributed by atoms with E-state index in [0.29, 0.717) is 17.8 Å². The number of carboxylic acids is 1. The van der Waals surface area contributed by atoms with Crippen LogP contribution >= 0.6 is 0 Å². The molecule has 0 aliphatic carbocycles. The highest BCUT2D eigenvalue weighted by molar-refractivity contribution is 5.94. The van der Waals surface area contributed by atoms with Gasteiger partial charge in [0.2, 0.25) is 17.7 Å². The summed E-state index contributed by atoms with van der Waals surface area (Å²) in [7, 11) is 0. The molecule has 1 aromatic carbocycles. The SMILES string of the molecule is CC(C)CC(N)C(=O)NC(Cc1ccccc1)C(=O)NC(Cc1cnc[nH]1)C(=O)NC(Cc1cnc[nH]1)C(=O)O. The van der Waals surface area contributed by atoms with Crippen molar-refractivity contribution in [3.63, 3.8) is 0 Å². The summed E-state index contributed by atoms with van der Waals surface area (Å²) in [6.07, 6.45) is 6.36. The minimum Gasteiger partial charge on any atom is -0.480 e. The van der Waals surface area contributed by atoms with Crippen LogP contribution in [0.15, 0.2) is 55.4 Å². The number of aromatic amines is 2. The summed E-state index contributed by atoms with van der Waals surface area (Å²) in [4.78, 5) is 65.1. The Morgan fingerprint density at radius 3 is 1.80 bits per heavy atom. The average molecular weight is 553 g/mol. The summed E-state index contributed by atoms with van der Waals surface area (Å²) < 4.78 is 0. The molecule has 214 valence electrons. The molecule has 0 aliphatic rings. The Bertz CT molecular complexity index is 1230. The van der Waals surface area contributed by atoms with Crippen molar-refractivity contribution in [3.8, 4) is 0 Å². The van der Waals surface area contributed by atoms with Gasteiger partial charge in [-0.2, -0.15) is 0 Å². The van der Waals surface area contributed by atoms with Crippen molar-refractivity contribution >= 4 is 23.7 Å². The largest absolute Gasteiger partial charge is 0.480 e. The normalized spacial score (nSPS) is 14.1. The van der Waals surface area contributed by atoms with Crippen LogP contribution in [0, 0.1) is 5.92 Å². The number of carbonyl (C=O) groups is 4. The van der Waals surface area contributed by atoms with Gasteiger partial charge in [0, 0.05) is 43.0 Å². The van der Waals surface area contributed by atoms with Crippen LogP contribution in [0.4, 0.5) is 0 Å². The van der Waals surface area contributed by atoms with Gasteiger partial charge in [-0.15, -0.1) is 0 Å². The van der Waals surface area contributed by atoms with E-state index in [1.54, 1.807) is 0 Å². The van der Waals surface area contributed by atoms with Gasteiger partial charge in [-0.3, -0.25) is 14.4 Å². The van der Waals surface area contributed by atoms with Crippen molar-refractivity contribution in [3.05, 3.63) is 72.3 Å². The molecule has 13 nitrogen and oxygen atoms in total. The van der Waals surface area contributed by atoms with E-state index in [4.69, 9.17) is 5.73 Å². The minimum absolute atomic E-state index is 0.00678. The standard InChI is InChI=1S/C27H36N8O5/c1-16(2)8-20(28)24(36)33-21(9-17-6-4-3-5-7-17)25(37)34-22(10-18-12-29-14-31-18)26(38)35-23(27(39)40)11-19-13-30-15-32-19/h3-7,12-16,20-23H,8-11,28H2,1-2H3,(H,29,31)(H,30,32)(H,33,36)(H,34,37)(H,35,38)(H,39,40). The fourth-order valence-electron chi connectivity index (χ4n) is 4.14. The van der Waals surface area contributed by atoms with Crippen LogP contribution in [-0.2, 0) is 38.4 Å². The third-order valence-corrected chi connectivity index (χ3v) is 6.18. The van der Waals surface area contributed by atoms with E-state index in [1.165, 1.54) is 25.0 Å². The molecule has 2 heterocycles. The Balaban J connectivity index is 1.80. The summed E-state index contributed by atoms with van der Waals surface area (Å²) >= 11 is 0. The van der Waals surface area contributed by atoms with Gasteiger partial charge in [0.15, 0.2) is 0 Å². The fourth-order valence-corrected chi connectivity index (χ4v) is 4.14. The maximum Gasteiger partial charge on any atom is 0.326 e. The third-order valence-electron chi connectivity index (χ3n) is 6.18. The molecular weight excluding hydrogens is 516 g/mol. The van der Waals surface area contributed by atoms with Crippen molar-refractivity contribution in [2.45, 2.75) is 63.7 Å². The molecule has 0 fully saturated rings. The number of hydrogen-bond acceptors (Lipinski definition) is 7. The van der Waals surface area contributed by atoms with Gasteiger partial charge in [0.1, 0.15) is 18.1 Å². The predicted molar refractivity (Wildman–Crippen MR) is 146 cm³/mol. The second-order valence-electron chi connectivity index (χ2n) is 10.0. The molecule has 4 unspecified atom stereocenters. The van der Waals surface area contributed by atoms with Crippen molar-refractivity contribution in [2.24, 2.45) is 11.7 Å². The first kappa shape index (κ1) is 30.0. The monoisotopic (exact) mass is 552 g/mol. The molecule has 0 saturated heterocycles. The highest BCUT2D eigenvalue weighted by Crippen LogP contribution is 2.08. The molecule has 2 aromatic heterocycles. The van der Waals surface area contributed by atoms with E-state index in [-0.39, 0.29) is 25.2 Å². The molecule has 40 heavy (non-hydrogen) atoms. The molecule has 13 heteroatoms. The second-order valence-corrected chi connectivity index (χ2v) is 10.0. The maximum atomic E-state index is 13.5. The number of H-pyrrole nitrogens is 2. The Hall–Kier alpha value is -4.52. The van der Waals surface area contributed by atoms with Crippen LogP contribution in [0.25, 0.3) is 0 Å². The number of amides is 3. The van der Waals surface area contributed by atoms with E-state index < -0.39 is 47.9 Å². The van der Waals surface area contributed by atoms with Gasteiger partial charge >= 0.3 is 5.97 Å². The molecule has 8 N–H and O–H groups in total. The number of benzene rings is 1. The lowest BCUT2D eigenvalue weighted by Gasteiger charge is -2.25. The molecule has 0 bridgehead atoms. The number of nitrogens with zero attached hydrogens (tertiary/aromatic N) is 2. The number of aliphatic carboxylic acids is 1. The molecular formula is C27H36N8O5. The molecule has 3 rings (SSSR count). The second kappa shape index (κ2) is 14.6. The van der Waals surface area contributed by atoms with Gasteiger partial charge in [0.05, 0.1) is 18.7 Å². The Morgan fingerprint density at radius 1 is 0.800 bits per heavy atom. The number of nitrogens with two attached hydrogens (primary N) is 1. The molecule has 3 aromatic rings. The zero-order chi connectivity index (χ0) is 29.1. The molecule has 0 radical (unpaired) electrons. The van der Waals surface area contributed by atoms with Crippen LogP contribution in [-0.4, -0.2) is 72.9 Å². The first-order chi connectivity index (χ1) is 19.1. The van der Waals surface area contributed by atoms with E-state index in [9.17, 15) is 24.3 Å². The number of imidazole rings is 2. The first-order valence-electron chi connectivity index (χ1n) is 13.0. The number of aromatic nitrogens is 4. The number of nitrogens with one attached hydrogen (secondary N) is 5. The van der Waals surface area contributed by atoms with Crippen molar-refractivity contribution in [1.82, 2.24) is 35.9 Å². The highest BCUT2D eigenvalue weighted by Gasteiger charge is 2.31. The van der Waals surface area contributed by atoms with Gasteiger partial charge in [0.25, 0.3) is 0 Å². The fraction of sp³-hybridized carbons (Fsp3) is 0.407. The number of carbonyl (C=O) groups excluding carboxylic acids is 3. The Morgan fingerprint density at radius 2 is 1.30 bits per heavy atom. The van der Waals surface area contributed by atoms with Crippen molar-refractivity contribution < 1.29 is 24.3 Å². The quantitative estimate of drug-likeness (QED) is 0.137. The lowest BCUT2D eigenvalue weighted by atomic mass is 10.0. The summed E-state index contributed by atoms with van der Waals surface area (Å²) in [6.45, 7) is 3.88. The Labute approximate surface area is 231 Å². The first-order valence-corrected chi connectivity index (χ1v) is 13.0.